The van der Waals surface area contributed by atoms with Crippen LogP contribution in [0.5, 0.6) is 0 Å². The molecule has 2 N–H and O–H groups in total. The Bertz CT molecular complexity index is 569. The zero-order chi connectivity index (χ0) is 17.8. The Morgan fingerprint density at radius 3 is 2.48 bits per heavy atom. The highest BCUT2D eigenvalue weighted by Crippen LogP contribution is 2.40. The summed E-state index contributed by atoms with van der Waals surface area (Å²) < 4.78 is 6.48. The number of carboxylic acid groups (broad SMARTS) is 1. The Morgan fingerprint density at radius 2 is 2.04 bits per heavy atom. The van der Waals surface area contributed by atoms with E-state index in [1.165, 1.54) is 0 Å². The maximum absolute atomic E-state index is 11.1. The van der Waals surface area contributed by atoms with Crippen LogP contribution in [0.1, 0.15) is 32.4 Å². The van der Waals surface area contributed by atoms with Gasteiger partial charge in [-0.15, -0.1) is 6.58 Å². The second kappa shape index (κ2) is 7.51. The maximum Gasteiger partial charge on any atom is 0.405 e. The van der Waals surface area contributed by atoms with Crippen LogP contribution < -0.4 is 5.32 Å². The van der Waals surface area contributed by atoms with Crippen LogP contribution in [0.15, 0.2) is 36.9 Å². The number of rotatable bonds is 6. The number of benzene rings is 1. The lowest BCUT2D eigenvalue weighted by Crippen LogP contribution is -2.47. The average molecular weight is 356 g/mol. The third-order valence-corrected chi connectivity index (χ3v) is 8.97. The minimum atomic E-state index is -2.12. The van der Waals surface area contributed by atoms with Crippen molar-refractivity contribution in [2.75, 3.05) is 0 Å². The number of halogens is 1. The van der Waals surface area contributed by atoms with E-state index < -0.39 is 26.6 Å². The van der Waals surface area contributed by atoms with Crippen molar-refractivity contribution in [1.29, 1.82) is 0 Å². The molecular weight excluding hydrogens is 330 g/mol. The number of amides is 1. The van der Waals surface area contributed by atoms with Crippen molar-refractivity contribution in [2.24, 2.45) is 0 Å². The second-order valence-electron chi connectivity index (χ2n) is 7.06. The summed E-state index contributed by atoms with van der Waals surface area (Å²) in [5.74, 6) is 0. The molecule has 0 saturated heterocycles. The molecule has 0 aliphatic rings. The molecule has 2 atom stereocenters. The molecule has 1 aromatic rings. The van der Waals surface area contributed by atoms with E-state index in [0.717, 1.165) is 5.56 Å². The van der Waals surface area contributed by atoms with Crippen molar-refractivity contribution < 1.29 is 14.3 Å². The van der Waals surface area contributed by atoms with Gasteiger partial charge in [0.05, 0.1) is 12.1 Å². The molecule has 0 fully saturated rings. The van der Waals surface area contributed by atoms with Crippen LogP contribution in [0.25, 0.3) is 0 Å². The van der Waals surface area contributed by atoms with Gasteiger partial charge in [-0.3, -0.25) is 0 Å². The summed E-state index contributed by atoms with van der Waals surface area (Å²) in [6, 6.07) is 6.76. The van der Waals surface area contributed by atoms with Crippen molar-refractivity contribution in [2.45, 2.75) is 51.0 Å². The summed E-state index contributed by atoms with van der Waals surface area (Å²) in [5, 5.41) is 12.2. The van der Waals surface area contributed by atoms with Gasteiger partial charge in [-0.05, 0) is 35.8 Å². The molecule has 0 aliphatic heterocycles. The van der Waals surface area contributed by atoms with E-state index in [-0.39, 0.29) is 5.04 Å². The molecule has 0 unspecified atom stereocenters. The monoisotopic (exact) mass is 355 g/mol. The molecule has 128 valence electrons. The SMILES string of the molecule is C=C[C@@H](NC(=O)O)[C@H](O[Si](C)(C)C(C)(C)C)c1cccc(Cl)c1. The summed E-state index contributed by atoms with van der Waals surface area (Å²) in [4.78, 5) is 11.1. The van der Waals surface area contributed by atoms with Crippen LogP contribution in [0.4, 0.5) is 4.79 Å². The lowest BCUT2D eigenvalue weighted by atomic mass is 10.0. The highest BCUT2D eigenvalue weighted by atomic mass is 35.5. The Hall–Kier alpha value is -1.30. The highest BCUT2D eigenvalue weighted by Gasteiger charge is 2.41. The van der Waals surface area contributed by atoms with Crippen molar-refractivity contribution >= 4 is 26.0 Å². The fraction of sp³-hybridized carbons (Fsp3) is 0.471. The Balaban J connectivity index is 3.25. The fourth-order valence-electron chi connectivity index (χ4n) is 1.93. The third kappa shape index (κ3) is 5.37. The van der Waals surface area contributed by atoms with Crippen LogP contribution in [0.2, 0.25) is 23.2 Å². The summed E-state index contributed by atoms with van der Waals surface area (Å²) >= 11 is 6.10. The molecule has 0 aliphatic carbocycles. The molecule has 0 aromatic heterocycles. The number of hydrogen-bond acceptors (Lipinski definition) is 2. The molecule has 1 aromatic carbocycles. The summed E-state index contributed by atoms with van der Waals surface area (Å²) in [6.07, 6.45) is -0.0173. The van der Waals surface area contributed by atoms with Gasteiger partial charge in [0.15, 0.2) is 8.32 Å². The first-order valence-electron chi connectivity index (χ1n) is 7.53. The maximum atomic E-state index is 11.1. The van der Waals surface area contributed by atoms with E-state index in [1.807, 2.05) is 12.1 Å². The molecule has 0 saturated carbocycles. The molecule has 4 nitrogen and oxygen atoms in total. The molecule has 0 spiro atoms. The van der Waals surface area contributed by atoms with Crippen molar-refractivity contribution in [3.63, 3.8) is 0 Å². The average Bonchev–Trinajstić information content (AvgIpc) is 2.41. The van der Waals surface area contributed by atoms with E-state index in [0.29, 0.717) is 5.02 Å². The zero-order valence-corrected chi connectivity index (χ0v) is 16.1. The van der Waals surface area contributed by atoms with Gasteiger partial charge < -0.3 is 14.8 Å². The smallest absolute Gasteiger partial charge is 0.405 e. The lowest BCUT2D eigenvalue weighted by Gasteiger charge is -2.41. The van der Waals surface area contributed by atoms with Gasteiger partial charge in [0.1, 0.15) is 0 Å². The van der Waals surface area contributed by atoms with Crippen LogP contribution in [0, 0.1) is 0 Å². The molecule has 23 heavy (non-hydrogen) atoms. The first-order valence-corrected chi connectivity index (χ1v) is 10.8. The van der Waals surface area contributed by atoms with Crippen LogP contribution in [-0.2, 0) is 4.43 Å². The van der Waals surface area contributed by atoms with E-state index in [1.54, 1.807) is 18.2 Å². The van der Waals surface area contributed by atoms with Gasteiger partial charge >= 0.3 is 6.09 Å². The van der Waals surface area contributed by atoms with Gasteiger partial charge in [0.25, 0.3) is 0 Å². The third-order valence-electron chi connectivity index (χ3n) is 4.28. The van der Waals surface area contributed by atoms with Crippen LogP contribution in [-0.4, -0.2) is 25.6 Å². The van der Waals surface area contributed by atoms with E-state index in [9.17, 15) is 4.79 Å². The van der Waals surface area contributed by atoms with Crippen molar-refractivity contribution in [1.82, 2.24) is 5.32 Å². The number of hydrogen-bond donors (Lipinski definition) is 2. The summed E-state index contributed by atoms with van der Waals surface area (Å²) in [7, 11) is -2.12. The van der Waals surface area contributed by atoms with E-state index in [2.05, 4.69) is 45.8 Å². The van der Waals surface area contributed by atoms with Gasteiger partial charge in [-0.1, -0.05) is 50.6 Å². The Morgan fingerprint density at radius 1 is 1.43 bits per heavy atom. The summed E-state index contributed by atoms with van der Waals surface area (Å²) in [5.41, 5.74) is 0.834. The van der Waals surface area contributed by atoms with Crippen molar-refractivity contribution in [3.05, 3.63) is 47.5 Å². The Kier molecular flexibility index (Phi) is 6.45. The second-order valence-corrected chi connectivity index (χ2v) is 12.3. The van der Waals surface area contributed by atoms with Crippen molar-refractivity contribution in [3.8, 4) is 0 Å². The molecule has 1 rings (SSSR count). The molecule has 1 amide bonds. The Labute approximate surface area is 144 Å². The first kappa shape index (κ1) is 19.7. The molecular formula is C17H26ClNO3Si. The predicted molar refractivity (Wildman–Crippen MR) is 97.6 cm³/mol. The largest absolute Gasteiger partial charge is 0.465 e. The predicted octanol–water partition coefficient (Wildman–Crippen LogP) is 5.23. The number of nitrogens with one attached hydrogen (secondary N) is 1. The van der Waals surface area contributed by atoms with E-state index >= 15 is 0 Å². The lowest BCUT2D eigenvalue weighted by molar-refractivity contribution is 0.142. The van der Waals surface area contributed by atoms with Crippen LogP contribution in [0.3, 0.4) is 0 Å². The standard InChI is InChI=1S/C17H26ClNO3Si/c1-7-14(19-16(20)21)15(12-9-8-10-13(18)11-12)22-23(5,6)17(2,3)4/h7-11,14-15,19H,1H2,2-6H3,(H,20,21)/t14-,15-/m1/s1. The quantitative estimate of drug-likeness (QED) is 0.543. The minimum Gasteiger partial charge on any atom is -0.465 e. The zero-order valence-electron chi connectivity index (χ0n) is 14.4. The molecule has 0 heterocycles. The fourth-order valence-corrected chi connectivity index (χ4v) is 3.40. The number of carbonyl (C=O) groups is 1. The normalized spacial score (nSPS) is 14.9. The molecule has 0 bridgehead atoms. The highest BCUT2D eigenvalue weighted by molar-refractivity contribution is 6.74. The van der Waals surface area contributed by atoms with Crippen LogP contribution >= 0.6 is 11.6 Å². The van der Waals surface area contributed by atoms with Gasteiger partial charge in [0.2, 0.25) is 0 Å². The first-order chi connectivity index (χ1) is 10.5. The molecule has 6 heteroatoms. The molecule has 0 radical (unpaired) electrons. The minimum absolute atomic E-state index is 0.00122. The van der Waals surface area contributed by atoms with Gasteiger partial charge in [-0.25, -0.2) is 4.79 Å². The summed E-state index contributed by atoms with van der Waals surface area (Å²) in [6.45, 7) is 14.4. The van der Waals surface area contributed by atoms with Gasteiger partial charge in [-0.2, -0.15) is 0 Å². The van der Waals surface area contributed by atoms with E-state index in [4.69, 9.17) is 21.1 Å². The topological polar surface area (TPSA) is 58.6 Å². The van der Waals surface area contributed by atoms with Gasteiger partial charge in [0, 0.05) is 5.02 Å².